The molecule has 0 saturated carbocycles. The molecule has 0 aliphatic carbocycles. The zero-order chi connectivity index (χ0) is 13.1. The number of fused-ring (bicyclic) bond motifs is 1. The van der Waals surface area contributed by atoms with Gasteiger partial charge in [-0.2, -0.15) is 0 Å². The average Bonchev–Trinajstić information content (AvgIpc) is 2.48. The highest BCUT2D eigenvalue weighted by atomic mass is 35.5. The molecule has 0 spiro atoms. The van der Waals surface area contributed by atoms with Gasteiger partial charge in [-0.25, -0.2) is 4.98 Å². The number of hydrogen-bond donors (Lipinski definition) is 0. The number of piperidine rings is 1. The molecule has 3 nitrogen and oxygen atoms in total. The first kappa shape index (κ1) is 12.7. The number of benzene rings is 1. The van der Waals surface area contributed by atoms with E-state index in [2.05, 4.69) is 9.88 Å². The molecule has 2 aromatic rings. The van der Waals surface area contributed by atoms with Crippen LogP contribution in [-0.2, 0) is 0 Å². The van der Waals surface area contributed by atoms with Crippen LogP contribution in [0.4, 0.5) is 5.82 Å². The van der Waals surface area contributed by atoms with Gasteiger partial charge >= 0.3 is 0 Å². The lowest BCUT2D eigenvalue weighted by atomic mass is 10.0. The van der Waals surface area contributed by atoms with Crippen LogP contribution in [0.1, 0.15) is 25.7 Å². The minimum absolute atomic E-state index is 0.515. The standard InChI is InChI=1S/C15H18ClN3/c16-9-8-12-5-3-4-10-19(12)15-11-17-13-6-1-2-7-14(13)18-15/h1-2,6-7,11-12H,3-5,8-10H2. The number of nitrogens with zero attached hydrogens (tertiary/aromatic N) is 3. The summed E-state index contributed by atoms with van der Waals surface area (Å²) in [7, 11) is 0. The molecule has 0 radical (unpaired) electrons. The van der Waals surface area contributed by atoms with E-state index >= 15 is 0 Å². The van der Waals surface area contributed by atoms with Crippen LogP contribution in [0.2, 0.25) is 0 Å². The zero-order valence-electron chi connectivity index (χ0n) is 10.9. The molecule has 0 amide bonds. The molecule has 100 valence electrons. The van der Waals surface area contributed by atoms with Crippen LogP contribution in [0.25, 0.3) is 11.0 Å². The SMILES string of the molecule is ClCCC1CCCCN1c1cnc2ccccc2n1. The molecule has 3 rings (SSSR count). The van der Waals surface area contributed by atoms with Crippen LogP contribution in [0.3, 0.4) is 0 Å². The molecule has 19 heavy (non-hydrogen) atoms. The van der Waals surface area contributed by atoms with E-state index in [1.54, 1.807) is 0 Å². The Balaban J connectivity index is 1.92. The van der Waals surface area contributed by atoms with Crippen molar-refractivity contribution >= 4 is 28.5 Å². The van der Waals surface area contributed by atoms with Gasteiger partial charge in [0.05, 0.1) is 17.2 Å². The van der Waals surface area contributed by atoms with Gasteiger partial charge in [-0.15, -0.1) is 11.6 Å². The van der Waals surface area contributed by atoms with Gasteiger partial charge in [0.1, 0.15) is 5.82 Å². The lowest BCUT2D eigenvalue weighted by Gasteiger charge is -2.36. The Morgan fingerprint density at radius 3 is 2.89 bits per heavy atom. The van der Waals surface area contributed by atoms with Gasteiger partial charge in [0.25, 0.3) is 0 Å². The van der Waals surface area contributed by atoms with Crippen molar-refractivity contribution < 1.29 is 0 Å². The number of anilines is 1. The minimum Gasteiger partial charge on any atom is -0.352 e. The Morgan fingerprint density at radius 2 is 2.05 bits per heavy atom. The van der Waals surface area contributed by atoms with Gasteiger partial charge < -0.3 is 4.90 Å². The Labute approximate surface area is 118 Å². The number of halogens is 1. The maximum Gasteiger partial charge on any atom is 0.148 e. The van der Waals surface area contributed by atoms with E-state index in [9.17, 15) is 0 Å². The number of hydrogen-bond acceptors (Lipinski definition) is 3. The quantitative estimate of drug-likeness (QED) is 0.801. The predicted molar refractivity (Wildman–Crippen MR) is 79.9 cm³/mol. The van der Waals surface area contributed by atoms with Crippen LogP contribution in [0.5, 0.6) is 0 Å². The van der Waals surface area contributed by atoms with E-state index in [1.807, 2.05) is 30.5 Å². The Morgan fingerprint density at radius 1 is 1.21 bits per heavy atom. The summed E-state index contributed by atoms with van der Waals surface area (Å²) in [5, 5.41) is 0. The third-order valence-electron chi connectivity index (χ3n) is 3.80. The van der Waals surface area contributed by atoms with Gasteiger partial charge in [-0.05, 0) is 37.8 Å². The summed E-state index contributed by atoms with van der Waals surface area (Å²) in [5.74, 6) is 1.70. The fourth-order valence-corrected chi connectivity index (χ4v) is 3.07. The van der Waals surface area contributed by atoms with Crippen molar-refractivity contribution in [2.45, 2.75) is 31.7 Å². The molecular formula is C15H18ClN3. The second-order valence-electron chi connectivity index (χ2n) is 5.04. The van der Waals surface area contributed by atoms with Crippen molar-refractivity contribution in [3.63, 3.8) is 0 Å². The molecule has 0 N–H and O–H groups in total. The van der Waals surface area contributed by atoms with Gasteiger partial charge in [-0.3, -0.25) is 4.98 Å². The van der Waals surface area contributed by atoms with Gasteiger partial charge in [-0.1, -0.05) is 12.1 Å². The monoisotopic (exact) mass is 275 g/mol. The molecule has 1 atom stereocenters. The lowest BCUT2D eigenvalue weighted by molar-refractivity contribution is 0.448. The van der Waals surface area contributed by atoms with E-state index in [1.165, 1.54) is 19.3 Å². The van der Waals surface area contributed by atoms with Gasteiger partial charge in [0.2, 0.25) is 0 Å². The van der Waals surface area contributed by atoms with Crippen molar-refractivity contribution in [3.8, 4) is 0 Å². The molecule has 1 aromatic carbocycles. The third-order valence-corrected chi connectivity index (χ3v) is 4.02. The number of alkyl halides is 1. The average molecular weight is 276 g/mol. The summed E-state index contributed by atoms with van der Waals surface area (Å²) in [4.78, 5) is 11.6. The first-order valence-corrected chi connectivity index (χ1v) is 7.46. The first-order chi connectivity index (χ1) is 9.38. The third kappa shape index (κ3) is 2.66. The van der Waals surface area contributed by atoms with Crippen molar-refractivity contribution in [1.82, 2.24) is 9.97 Å². The van der Waals surface area contributed by atoms with E-state index in [-0.39, 0.29) is 0 Å². The van der Waals surface area contributed by atoms with Gasteiger partial charge in [0.15, 0.2) is 0 Å². The maximum absolute atomic E-state index is 5.92. The molecule has 1 aromatic heterocycles. The summed E-state index contributed by atoms with van der Waals surface area (Å²) >= 11 is 5.92. The topological polar surface area (TPSA) is 29.0 Å². The first-order valence-electron chi connectivity index (χ1n) is 6.93. The Hall–Kier alpha value is -1.35. The highest BCUT2D eigenvalue weighted by molar-refractivity contribution is 6.17. The molecule has 2 heterocycles. The van der Waals surface area contributed by atoms with E-state index in [0.29, 0.717) is 11.9 Å². The summed E-state index contributed by atoms with van der Waals surface area (Å²) in [6.45, 7) is 1.06. The van der Waals surface area contributed by atoms with E-state index in [4.69, 9.17) is 16.6 Å². The van der Waals surface area contributed by atoms with E-state index < -0.39 is 0 Å². The van der Waals surface area contributed by atoms with Crippen LogP contribution >= 0.6 is 11.6 Å². The molecular weight excluding hydrogens is 258 g/mol. The van der Waals surface area contributed by atoms with Crippen molar-refractivity contribution in [1.29, 1.82) is 0 Å². The highest BCUT2D eigenvalue weighted by Crippen LogP contribution is 2.26. The summed E-state index contributed by atoms with van der Waals surface area (Å²) in [5.41, 5.74) is 1.92. The number of para-hydroxylation sites is 2. The Bertz CT molecular complexity index is 556. The van der Waals surface area contributed by atoms with Crippen molar-refractivity contribution in [2.24, 2.45) is 0 Å². The summed E-state index contributed by atoms with van der Waals surface area (Å²) in [6.07, 6.45) is 6.65. The van der Waals surface area contributed by atoms with Gasteiger partial charge in [0, 0.05) is 18.5 Å². The number of aromatic nitrogens is 2. The normalized spacial score (nSPS) is 19.8. The largest absolute Gasteiger partial charge is 0.352 e. The van der Waals surface area contributed by atoms with Crippen LogP contribution in [-0.4, -0.2) is 28.4 Å². The van der Waals surface area contributed by atoms with Crippen LogP contribution < -0.4 is 4.90 Å². The summed E-state index contributed by atoms with van der Waals surface area (Å²) in [6, 6.07) is 8.54. The van der Waals surface area contributed by atoms with Crippen LogP contribution in [0.15, 0.2) is 30.5 Å². The smallest absolute Gasteiger partial charge is 0.148 e. The molecule has 1 saturated heterocycles. The maximum atomic E-state index is 5.92. The minimum atomic E-state index is 0.515. The molecule has 1 aliphatic heterocycles. The highest BCUT2D eigenvalue weighted by Gasteiger charge is 2.23. The number of rotatable bonds is 3. The lowest BCUT2D eigenvalue weighted by Crippen LogP contribution is -2.40. The van der Waals surface area contributed by atoms with Crippen molar-refractivity contribution in [2.75, 3.05) is 17.3 Å². The zero-order valence-corrected chi connectivity index (χ0v) is 11.7. The second kappa shape index (κ2) is 5.74. The molecule has 1 unspecified atom stereocenters. The predicted octanol–water partition coefficient (Wildman–Crippen LogP) is 3.62. The molecule has 1 fully saturated rings. The summed E-state index contributed by atoms with van der Waals surface area (Å²) < 4.78 is 0. The fourth-order valence-electron chi connectivity index (χ4n) is 2.81. The van der Waals surface area contributed by atoms with E-state index in [0.717, 1.165) is 29.8 Å². The molecule has 1 aliphatic rings. The molecule has 4 heteroatoms. The molecule has 0 bridgehead atoms. The van der Waals surface area contributed by atoms with Crippen LogP contribution in [0, 0.1) is 0 Å². The second-order valence-corrected chi connectivity index (χ2v) is 5.42. The Kier molecular flexibility index (Phi) is 3.83. The van der Waals surface area contributed by atoms with Crippen molar-refractivity contribution in [3.05, 3.63) is 30.5 Å². The fraction of sp³-hybridized carbons (Fsp3) is 0.467.